The van der Waals surface area contributed by atoms with E-state index in [1.165, 1.54) is 6.08 Å². The molecule has 0 atom stereocenters. The third-order valence-corrected chi connectivity index (χ3v) is 4.13. The lowest BCUT2D eigenvalue weighted by molar-refractivity contribution is -0.117. The highest BCUT2D eigenvalue weighted by Gasteiger charge is 2.16. The molecular formula is C18H16BrClN2O3. The Hall–Kier alpha value is -2.15. The zero-order chi connectivity index (χ0) is 18.2. The monoisotopic (exact) mass is 422 g/mol. The summed E-state index contributed by atoms with van der Waals surface area (Å²) in [7, 11) is 0. The van der Waals surface area contributed by atoms with Gasteiger partial charge in [0.25, 0.3) is 11.8 Å². The van der Waals surface area contributed by atoms with Crippen LogP contribution in [-0.4, -0.2) is 30.1 Å². The third-order valence-electron chi connectivity index (χ3n) is 3.19. The van der Waals surface area contributed by atoms with Crippen molar-refractivity contribution in [1.82, 2.24) is 10.6 Å². The van der Waals surface area contributed by atoms with E-state index < -0.39 is 11.8 Å². The molecule has 0 heterocycles. The first kappa shape index (κ1) is 19.2. The van der Waals surface area contributed by atoms with Crippen LogP contribution in [0.4, 0.5) is 0 Å². The van der Waals surface area contributed by atoms with Crippen molar-refractivity contribution >= 4 is 45.4 Å². The highest BCUT2D eigenvalue weighted by atomic mass is 79.9. The number of hydrogen-bond acceptors (Lipinski definition) is 3. The highest BCUT2D eigenvalue weighted by molar-refractivity contribution is 9.10. The van der Waals surface area contributed by atoms with Gasteiger partial charge in [-0.1, -0.05) is 35.9 Å². The first-order chi connectivity index (χ1) is 12.0. The Kier molecular flexibility index (Phi) is 7.18. The van der Waals surface area contributed by atoms with Crippen LogP contribution in [0, 0.1) is 0 Å². The van der Waals surface area contributed by atoms with Crippen molar-refractivity contribution in [3.8, 4) is 0 Å². The Labute approximate surface area is 158 Å². The Morgan fingerprint density at radius 3 is 2.44 bits per heavy atom. The van der Waals surface area contributed by atoms with E-state index in [2.05, 4.69) is 26.6 Å². The van der Waals surface area contributed by atoms with Crippen molar-refractivity contribution < 1.29 is 14.7 Å². The fraction of sp³-hybridized carbons (Fsp3) is 0.111. The van der Waals surface area contributed by atoms with Crippen molar-refractivity contribution in [2.75, 3.05) is 13.2 Å². The predicted molar refractivity (Wildman–Crippen MR) is 101 cm³/mol. The normalized spacial score (nSPS) is 11.1. The fourth-order valence-electron chi connectivity index (χ4n) is 1.98. The molecule has 0 radical (unpaired) electrons. The number of halogens is 2. The van der Waals surface area contributed by atoms with Gasteiger partial charge >= 0.3 is 0 Å². The summed E-state index contributed by atoms with van der Waals surface area (Å²) in [5, 5.41) is 14.6. The molecule has 7 heteroatoms. The lowest BCUT2D eigenvalue weighted by Gasteiger charge is -2.11. The summed E-state index contributed by atoms with van der Waals surface area (Å²) in [4.78, 5) is 24.7. The summed E-state index contributed by atoms with van der Waals surface area (Å²) >= 11 is 9.17. The maximum atomic E-state index is 12.5. The number of carbonyl (C=O) groups is 2. The molecule has 0 bridgehead atoms. The first-order valence-electron chi connectivity index (χ1n) is 7.43. The van der Waals surface area contributed by atoms with E-state index in [1.54, 1.807) is 48.5 Å². The topological polar surface area (TPSA) is 78.4 Å². The molecule has 2 amide bonds. The molecule has 0 fully saturated rings. The molecule has 130 valence electrons. The van der Waals surface area contributed by atoms with Gasteiger partial charge in [0.2, 0.25) is 0 Å². The molecule has 0 aliphatic heterocycles. The van der Waals surface area contributed by atoms with Crippen molar-refractivity contribution in [2.24, 2.45) is 0 Å². The number of nitrogens with one attached hydrogen (secondary N) is 2. The van der Waals surface area contributed by atoms with Gasteiger partial charge in [-0.15, -0.1) is 0 Å². The number of rotatable bonds is 6. The minimum Gasteiger partial charge on any atom is -0.395 e. The van der Waals surface area contributed by atoms with E-state index >= 15 is 0 Å². The molecule has 2 aromatic carbocycles. The molecule has 0 aliphatic carbocycles. The maximum Gasteiger partial charge on any atom is 0.267 e. The van der Waals surface area contributed by atoms with Crippen molar-refractivity contribution in [1.29, 1.82) is 0 Å². The lowest BCUT2D eigenvalue weighted by atomic mass is 10.1. The van der Waals surface area contributed by atoms with E-state index in [4.69, 9.17) is 16.7 Å². The average Bonchev–Trinajstić information content (AvgIpc) is 2.61. The Bertz CT molecular complexity index is 791. The van der Waals surface area contributed by atoms with Crippen molar-refractivity contribution in [2.45, 2.75) is 0 Å². The van der Waals surface area contributed by atoms with Gasteiger partial charge in [-0.05, 0) is 51.8 Å². The standard InChI is InChI=1S/C18H16BrClN2O3/c19-15-4-2-1-3-14(15)17(24)22-16(18(25)21-9-10-23)11-12-5-7-13(20)8-6-12/h1-8,11,23H,9-10H2,(H,21,25)(H,22,24). The van der Waals surface area contributed by atoms with Crippen LogP contribution in [0.3, 0.4) is 0 Å². The summed E-state index contributed by atoms with van der Waals surface area (Å²) in [6.07, 6.45) is 1.54. The van der Waals surface area contributed by atoms with Crippen LogP contribution in [0.2, 0.25) is 5.02 Å². The number of benzene rings is 2. The average molecular weight is 424 g/mol. The van der Waals surface area contributed by atoms with Gasteiger partial charge in [0.15, 0.2) is 0 Å². The summed E-state index contributed by atoms with van der Waals surface area (Å²) in [6.45, 7) is -0.111. The second-order valence-electron chi connectivity index (χ2n) is 5.02. The van der Waals surface area contributed by atoms with E-state index in [9.17, 15) is 9.59 Å². The van der Waals surface area contributed by atoms with Gasteiger partial charge in [-0.3, -0.25) is 9.59 Å². The minimum absolute atomic E-state index is 0.0662. The van der Waals surface area contributed by atoms with E-state index in [0.717, 1.165) is 0 Å². The van der Waals surface area contributed by atoms with Crippen LogP contribution >= 0.6 is 27.5 Å². The van der Waals surface area contributed by atoms with Crippen LogP contribution in [-0.2, 0) is 4.79 Å². The number of aliphatic hydroxyl groups is 1. The molecule has 2 aromatic rings. The number of carbonyl (C=O) groups excluding carboxylic acids is 2. The molecule has 0 aliphatic rings. The fourth-order valence-corrected chi connectivity index (χ4v) is 2.57. The molecular weight excluding hydrogens is 408 g/mol. The Balaban J connectivity index is 2.28. The van der Waals surface area contributed by atoms with Crippen LogP contribution < -0.4 is 10.6 Å². The van der Waals surface area contributed by atoms with Gasteiger partial charge in [-0.25, -0.2) is 0 Å². The first-order valence-corrected chi connectivity index (χ1v) is 8.60. The quantitative estimate of drug-likeness (QED) is 0.625. The van der Waals surface area contributed by atoms with E-state index in [0.29, 0.717) is 20.6 Å². The molecule has 5 nitrogen and oxygen atoms in total. The number of aliphatic hydroxyl groups excluding tert-OH is 1. The number of amides is 2. The summed E-state index contributed by atoms with van der Waals surface area (Å²) in [5.74, 6) is -0.920. The largest absolute Gasteiger partial charge is 0.395 e. The van der Waals surface area contributed by atoms with Crippen LogP contribution in [0.15, 0.2) is 58.7 Å². The molecule has 2 rings (SSSR count). The van der Waals surface area contributed by atoms with E-state index in [-0.39, 0.29) is 18.8 Å². The molecule has 25 heavy (non-hydrogen) atoms. The van der Waals surface area contributed by atoms with Gasteiger partial charge in [-0.2, -0.15) is 0 Å². The molecule has 0 spiro atoms. The Morgan fingerprint density at radius 2 is 1.80 bits per heavy atom. The summed E-state index contributed by atoms with van der Waals surface area (Å²) in [6, 6.07) is 13.7. The van der Waals surface area contributed by atoms with E-state index in [1.807, 2.05) is 0 Å². The number of hydrogen-bond donors (Lipinski definition) is 3. The smallest absolute Gasteiger partial charge is 0.267 e. The van der Waals surface area contributed by atoms with Gasteiger partial charge < -0.3 is 15.7 Å². The van der Waals surface area contributed by atoms with Crippen LogP contribution in [0.5, 0.6) is 0 Å². The van der Waals surface area contributed by atoms with Crippen molar-refractivity contribution in [3.63, 3.8) is 0 Å². The van der Waals surface area contributed by atoms with Gasteiger partial charge in [0, 0.05) is 16.0 Å². The van der Waals surface area contributed by atoms with Crippen LogP contribution in [0.1, 0.15) is 15.9 Å². The molecule has 0 saturated heterocycles. The summed E-state index contributed by atoms with van der Waals surface area (Å²) < 4.78 is 0.620. The molecule has 3 N–H and O–H groups in total. The molecule has 0 saturated carbocycles. The zero-order valence-electron chi connectivity index (χ0n) is 13.1. The molecule has 0 aromatic heterocycles. The SMILES string of the molecule is O=C(NCCO)C(=Cc1ccc(Cl)cc1)NC(=O)c1ccccc1Br. The second kappa shape index (κ2) is 9.36. The lowest BCUT2D eigenvalue weighted by Crippen LogP contribution is -2.36. The maximum absolute atomic E-state index is 12.5. The predicted octanol–water partition coefficient (Wildman–Crippen LogP) is 2.98. The minimum atomic E-state index is -0.496. The third kappa shape index (κ3) is 5.70. The van der Waals surface area contributed by atoms with Crippen molar-refractivity contribution in [3.05, 3.63) is 74.9 Å². The van der Waals surface area contributed by atoms with Crippen LogP contribution in [0.25, 0.3) is 6.08 Å². The second-order valence-corrected chi connectivity index (χ2v) is 6.31. The zero-order valence-corrected chi connectivity index (χ0v) is 15.5. The van der Waals surface area contributed by atoms with Gasteiger partial charge in [0.05, 0.1) is 12.2 Å². The summed E-state index contributed by atoms with van der Waals surface area (Å²) in [5.41, 5.74) is 1.17. The molecule has 0 unspecified atom stereocenters. The van der Waals surface area contributed by atoms with Gasteiger partial charge in [0.1, 0.15) is 5.70 Å². The highest BCUT2D eigenvalue weighted by Crippen LogP contribution is 2.17. The Morgan fingerprint density at radius 1 is 1.12 bits per heavy atom.